The Morgan fingerprint density at radius 3 is 2.40 bits per heavy atom. The fourth-order valence-corrected chi connectivity index (χ4v) is 3.07. The van der Waals surface area contributed by atoms with Crippen molar-refractivity contribution in [3.8, 4) is 11.5 Å². The van der Waals surface area contributed by atoms with Gasteiger partial charge in [0.25, 0.3) is 5.91 Å². The molecule has 164 valence electrons. The quantitative estimate of drug-likeness (QED) is 0.571. The largest absolute Gasteiger partial charge is 0.490 e. The lowest BCUT2D eigenvalue weighted by Crippen LogP contribution is -2.43. The average molecular weight is 413 g/mol. The summed E-state index contributed by atoms with van der Waals surface area (Å²) in [6.45, 7) is 11.2. The van der Waals surface area contributed by atoms with Crippen LogP contribution in [0.3, 0.4) is 0 Å². The average Bonchev–Trinajstić information content (AvgIpc) is 2.69. The molecule has 5 nitrogen and oxygen atoms in total. The van der Waals surface area contributed by atoms with E-state index in [2.05, 4.69) is 41.8 Å². The van der Waals surface area contributed by atoms with Gasteiger partial charge in [0, 0.05) is 18.1 Å². The highest BCUT2D eigenvalue weighted by Gasteiger charge is 2.15. The Balaban J connectivity index is 1.87. The predicted molar refractivity (Wildman–Crippen MR) is 122 cm³/mol. The third-order valence-electron chi connectivity index (χ3n) is 4.54. The fraction of sp³-hybridized carbons (Fsp3) is 0.480. The predicted octanol–water partition coefficient (Wildman–Crippen LogP) is 4.49. The lowest BCUT2D eigenvalue weighted by atomic mass is 10.1. The molecule has 0 fully saturated rings. The van der Waals surface area contributed by atoms with Gasteiger partial charge in [-0.05, 0) is 70.7 Å². The van der Waals surface area contributed by atoms with Gasteiger partial charge < -0.3 is 20.1 Å². The highest BCUT2D eigenvalue weighted by molar-refractivity contribution is 5.78. The van der Waals surface area contributed by atoms with Crippen LogP contribution in [-0.2, 0) is 17.8 Å². The molecule has 0 radical (unpaired) electrons. The van der Waals surface area contributed by atoms with Crippen molar-refractivity contribution in [2.24, 2.45) is 0 Å². The van der Waals surface area contributed by atoms with Crippen molar-refractivity contribution in [2.45, 2.75) is 65.6 Å². The smallest absolute Gasteiger partial charge is 0.258 e. The summed E-state index contributed by atoms with van der Waals surface area (Å²) in [7, 11) is 0. The zero-order valence-electron chi connectivity index (χ0n) is 19.0. The Bertz CT molecular complexity index is 785. The molecular formula is C25H36N2O3. The summed E-state index contributed by atoms with van der Waals surface area (Å²) in [5, 5.41) is 6.47. The summed E-state index contributed by atoms with van der Waals surface area (Å²) in [5.74, 6) is 1.10. The molecule has 0 aliphatic heterocycles. The van der Waals surface area contributed by atoms with Gasteiger partial charge >= 0.3 is 0 Å². The van der Waals surface area contributed by atoms with Crippen LogP contribution in [-0.4, -0.2) is 30.7 Å². The fourth-order valence-electron chi connectivity index (χ4n) is 3.07. The summed E-state index contributed by atoms with van der Waals surface area (Å²) in [4.78, 5) is 12.0. The van der Waals surface area contributed by atoms with Crippen LogP contribution >= 0.6 is 0 Å². The first kappa shape index (κ1) is 23.7. The van der Waals surface area contributed by atoms with E-state index in [0.29, 0.717) is 24.1 Å². The standard InChI is InChI=1S/C25H36N2O3/c1-6-29-23-16-21(14-15-22(23)30-18-24(28)27-25(3,4)5)17-26-19(2)12-13-20-10-8-7-9-11-20/h7-11,14-16,19,26H,6,12-13,17-18H2,1-5H3,(H,27,28). The molecule has 1 amide bonds. The molecule has 0 saturated heterocycles. The number of hydrogen-bond donors (Lipinski definition) is 2. The second-order valence-electron chi connectivity index (χ2n) is 8.61. The molecular weight excluding hydrogens is 376 g/mol. The summed E-state index contributed by atoms with van der Waals surface area (Å²) in [6, 6.07) is 16.8. The lowest BCUT2D eigenvalue weighted by molar-refractivity contribution is -0.124. The molecule has 0 aromatic heterocycles. The summed E-state index contributed by atoms with van der Waals surface area (Å²) in [5.41, 5.74) is 2.20. The van der Waals surface area contributed by atoms with Crippen molar-refractivity contribution in [3.63, 3.8) is 0 Å². The van der Waals surface area contributed by atoms with E-state index in [1.807, 2.05) is 52.0 Å². The summed E-state index contributed by atoms with van der Waals surface area (Å²) >= 11 is 0. The molecule has 0 bridgehead atoms. The van der Waals surface area contributed by atoms with Crippen LogP contribution in [0.2, 0.25) is 0 Å². The molecule has 0 heterocycles. The van der Waals surface area contributed by atoms with Gasteiger partial charge in [0.1, 0.15) is 0 Å². The van der Waals surface area contributed by atoms with Crippen LogP contribution in [0, 0.1) is 0 Å². The minimum Gasteiger partial charge on any atom is -0.490 e. The first-order chi connectivity index (χ1) is 14.3. The van der Waals surface area contributed by atoms with Gasteiger partial charge in [0.15, 0.2) is 18.1 Å². The van der Waals surface area contributed by atoms with Gasteiger partial charge in [-0.15, -0.1) is 0 Å². The van der Waals surface area contributed by atoms with Gasteiger partial charge in [0.05, 0.1) is 6.61 Å². The Hall–Kier alpha value is -2.53. The maximum absolute atomic E-state index is 12.0. The number of aryl methyl sites for hydroxylation is 1. The number of rotatable bonds is 11. The van der Waals surface area contributed by atoms with Crippen LogP contribution in [0.4, 0.5) is 0 Å². The summed E-state index contributed by atoms with van der Waals surface area (Å²) in [6.07, 6.45) is 2.13. The van der Waals surface area contributed by atoms with Gasteiger partial charge in [0.2, 0.25) is 0 Å². The van der Waals surface area contributed by atoms with Crippen molar-refractivity contribution in [2.75, 3.05) is 13.2 Å². The van der Waals surface area contributed by atoms with E-state index >= 15 is 0 Å². The molecule has 2 aromatic carbocycles. The highest BCUT2D eigenvalue weighted by atomic mass is 16.5. The Kier molecular flexibility index (Phi) is 9.18. The summed E-state index contributed by atoms with van der Waals surface area (Å²) < 4.78 is 11.4. The van der Waals surface area contributed by atoms with Crippen molar-refractivity contribution in [1.29, 1.82) is 0 Å². The Morgan fingerprint density at radius 2 is 1.73 bits per heavy atom. The van der Waals surface area contributed by atoms with E-state index in [-0.39, 0.29) is 18.1 Å². The van der Waals surface area contributed by atoms with Gasteiger partial charge in [-0.1, -0.05) is 36.4 Å². The number of carbonyl (C=O) groups excluding carboxylic acids is 1. The zero-order chi connectivity index (χ0) is 22.0. The molecule has 1 atom stereocenters. The van der Waals surface area contributed by atoms with Gasteiger partial charge in [-0.2, -0.15) is 0 Å². The zero-order valence-corrected chi connectivity index (χ0v) is 19.0. The van der Waals surface area contributed by atoms with E-state index in [1.165, 1.54) is 5.56 Å². The second-order valence-corrected chi connectivity index (χ2v) is 8.61. The van der Waals surface area contributed by atoms with E-state index < -0.39 is 0 Å². The van der Waals surface area contributed by atoms with Crippen molar-refractivity contribution in [1.82, 2.24) is 10.6 Å². The molecule has 0 saturated carbocycles. The van der Waals surface area contributed by atoms with Crippen LogP contribution < -0.4 is 20.1 Å². The molecule has 30 heavy (non-hydrogen) atoms. The third kappa shape index (κ3) is 8.87. The first-order valence-corrected chi connectivity index (χ1v) is 10.7. The van der Waals surface area contributed by atoms with Crippen LogP contribution in [0.5, 0.6) is 11.5 Å². The third-order valence-corrected chi connectivity index (χ3v) is 4.54. The number of amides is 1. The molecule has 2 N–H and O–H groups in total. The number of nitrogens with one attached hydrogen (secondary N) is 2. The van der Waals surface area contributed by atoms with Crippen molar-refractivity contribution in [3.05, 3.63) is 59.7 Å². The van der Waals surface area contributed by atoms with Crippen LogP contribution in [0.15, 0.2) is 48.5 Å². The van der Waals surface area contributed by atoms with Gasteiger partial charge in [-0.25, -0.2) is 0 Å². The van der Waals surface area contributed by atoms with Crippen molar-refractivity contribution < 1.29 is 14.3 Å². The molecule has 5 heteroatoms. The highest BCUT2D eigenvalue weighted by Crippen LogP contribution is 2.28. The maximum Gasteiger partial charge on any atom is 0.258 e. The second kappa shape index (κ2) is 11.6. The minimum atomic E-state index is -0.282. The molecule has 0 spiro atoms. The molecule has 2 aromatic rings. The number of ether oxygens (including phenoxy) is 2. The van der Waals surface area contributed by atoms with E-state index in [1.54, 1.807) is 0 Å². The van der Waals surface area contributed by atoms with E-state index in [9.17, 15) is 4.79 Å². The molecule has 0 aliphatic carbocycles. The van der Waals surface area contributed by atoms with Crippen LogP contribution in [0.1, 0.15) is 52.2 Å². The Labute approximate surface area is 181 Å². The monoisotopic (exact) mass is 412 g/mol. The minimum absolute atomic E-state index is 0.0362. The molecule has 2 rings (SSSR count). The number of hydrogen-bond acceptors (Lipinski definition) is 4. The topological polar surface area (TPSA) is 59.6 Å². The van der Waals surface area contributed by atoms with Gasteiger partial charge in [-0.3, -0.25) is 4.79 Å². The first-order valence-electron chi connectivity index (χ1n) is 10.7. The number of carbonyl (C=O) groups is 1. The SMILES string of the molecule is CCOc1cc(CNC(C)CCc2ccccc2)ccc1OCC(=O)NC(C)(C)C. The normalized spacial score (nSPS) is 12.3. The number of benzene rings is 2. The maximum atomic E-state index is 12.0. The van der Waals surface area contributed by atoms with E-state index in [0.717, 1.165) is 24.9 Å². The lowest BCUT2D eigenvalue weighted by Gasteiger charge is -2.21. The van der Waals surface area contributed by atoms with Crippen LogP contribution in [0.25, 0.3) is 0 Å². The molecule has 1 unspecified atom stereocenters. The van der Waals surface area contributed by atoms with E-state index in [4.69, 9.17) is 9.47 Å². The Morgan fingerprint density at radius 1 is 1.00 bits per heavy atom. The molecule has 0 aliphatic rings. The van der Waals surface area contributed by atoms with Crippen molar-refractivity contribution >= 4 is 5.91 Å².